The molecule has 0 fully saturated rings. The van der Waals surface area contributed by atoms with E-state index in [9.17, 15) is 4.79 Å². The number of fused-ring (bicyclic) bond motifs is 2. The Labute approximate surface area is 193 Å². The van der Waals surface area contributed by atoms with E-state index in [4.69, 9.17) is 4.98 Å². The number of hydrogen-bond acceptors (Lipinski definition) is 3. The number of hydrogen-bond donors (Lipinski definition) is 0. The van der Waals surface area contributed by atoms with Gasteiger partial charge in [-0.3, -0.25) is 9.69 Å². The maximum atomic E-state index is 13.5. The third-order valence-electron chi connectivity index (χ3n) is 5.22. The van der Waals surface area contributed by atoms with Crippen molar-refractivity contribution < 1.29 is 4.79 Å². The topological polar surface area (TPSA) is 33.2 Å². The van der Waals surface area contributed by atoms with Crippen LogP contribution < -0.4 is 4.90 Å². The first kappa shape index (κ1) is 19.9. The lowest BCUT2D eigenvalue weighted by atomic mass is 10.0. The van der Waals surface area contributed by atoms with Crippen LogP contribution in [0.5, 0.6) is 0 Å². The molecule has 1 amide bonds. The van der Waals surface area contributed by atoms with Gasteiger partial charge in [-0.05, 0) is 40.1 Å². The van der Waals surface area contributed by atoms with Crippen LogP contribution in [0.3, 0.4) is 0 Å². The minimum atomic E-state index is 0.0391. The minimum Gasteiger partial charge on any atom is -0.283 e. The molecule has 0 N–H and O–H groups in total. The first-order chi connectivity index (χ1) is 15.2. The van der Waals surface area contributed by atoms with Crippen molar-refractivity contribution in [2.45, 2.75) is 13.0 Å². The third kappa shape index (κ3) is 4.38. The fraction of sp³-hybridized carbons (Fsp3) is 0.0769. The SMILES string of the molecule is O=C(Cc1ccc2ccccc2c1)N(Cc1ccccc1)c1nc2ccc(Br)cc2s1. The third-order valence-corrected chi connectivity index (χ3v) is 6.76. The summed E-state index contributed by atoms with van der Waals surface area (Å²) in [6, 6.07) is 30.5. The Morgan fingerprint density at radius 1 is 0.839 bits per heavy atom. The molecule has 4 aromatic carbocycles. The summed E-state index contributed by atoms with van der Waals surface area (Å²) in [7, 11) is 0. The summed E-state index contributed by atoms with van der Waals surface area (Å²) in [4.78, 5) is 20.1. The standard InChI is InChI=1S/C26H19BrN2OS/c27-22-12-13-23-24(16-22)31-26(28-23)29(17-18-6-2-1-3-7-18)25(30)15-19-10-11-20-8-4-5-9-21(20)14-19/h1-14,16H,15,17H2. The zero-order valence-electron chi connectivity index (χ0n) is 16.7. The van der Waals surface area contributed by atoms with Gasteiger partial charge in [0.1, 0.15) is 0 Å². The number of carbonyl (C=O) groups excluding carboxylic acids is 1. The number of nitrogens with zero attached hydrogens (tertiary/aromatic N) is 2. The lowest BCUT2D eigenvalue weighted by Crippen LogP contribution is -2.31. The molecular formula is C26H19BrN2OS. The predicted octanol–water partition coefficient (Wildman–Crippen LogP) is 6.99. The van der Waals surface area contributed by atoms with Crippen molar-refractivity contribution in [2.75, 3.05) is 4.90 Å². The lowest BCUT2D eigenvalue weighted by molar-refractivity contribution is -0.118. The molecule has 152 valence electrons. The highest BCUT2D eigenvalue weighted by molar-refractivity contribution is 9.10. The molecule has 0 aliphatic carbocycles. The van der Waals surface area contributed by atoms with Gasteiger partial charge < -0.3 is 0 Å². The van der Waals surface area contributed by atoms with Crippen LogP contribution in [0.25, 0.3) is 21.0 Å². The average molecular weight is 487 g/mol. The largest absolute Gasteiger partial charge is 0.283 e. The number of thiazole rings is 1. The molecule has 0 aliphatic heterocycles. The van der Waals surface area contributed by atoms with Gasteiger partial charge in [0, 0.05) is 4.47 Å². The van der Waals surface area contributed by atoms with Gasteiger partial charge in [-0.15, -0.1) is 0 Å². The maximum absolute atomic E-state index is 13.5. The van der Waals surface area contributed by atoms with Crippen molar-refractivity contribution >= 4 is 59.3 Å². The zero-order valence-corrected chi connectivity index (χ0v) is 19.1. The van der Waals surface area contributed by atoms with Crippen LogP contribution in [0.15, 0.2) is 95.5 Å². The van der Waals surface area contributed by atoms with E-state index in [2.05, 4.69) is 40.2 Å². The van der Waals surface area contributed by atoms with E-state index in [0.717, 1.165) is 36.3 Å². The summed E-state index contributed by atoms with van der Waals surface area (Å²) in [5.74, 6) is 0.0391. The minimum absolute atomic E-state index is 0.0391. The van der Waals surface area contributed by atoms with Crippen molar-refractivity contribution in [2.24, 2.45) is 0 Å². The Bertz CT molecular complexity index is 1380. The number of aromatic nitrogens is 1. The number of rotatable bonds is 5. The molecule has 5 heteroatoms. The Balaban J connectivity index is 1.49. The van der Waals surface area contributed by atoms with Gasteiger partial charge >= 0.3 is 0 Å². The highest BCUT2D eigenvalue weighted by Crippen LogP contribution is 2.32. The molecule has 0 spiro atoms. The second-order valence-electron chi connectivity index (χ2n) is 7.43. The molecular weight excluding hydrogens is 468 g/mol. The molecule has 3 nitrogen and oxygen atoms in total. The summed E-state index contributed by atoms with van der Waals surface area (Å²) in [5, 5.41) is 3.05. The molecule has 0 saturated carbocycles. The van der Waals surface area contributed by atoms with Crippen LogP contribution in [0, 0.1) is 0 Å². The highest BCUT2D eigenvalue weighted by atomic mass is 79.9. The van der Waals surface area contributed by atoms with Crippen molar-refractivity contribution in [3.8, 4) is 0 Å². The normalized spacial score (nSPS) is 11.1. The van der Waals surface area contributed by atoms with Crippen LogP contribution in [0.2, 0.25) is 0 Å². The van der Waals surface area contributed by atoms with E-state index < -0.39 is 0 Å². The summed E-state index contributed by atoms with van der Waals surface area (Å²) in [5.41, 5.74) is 2.99. The molecule has 31 heavy (non-hydrogen) atoms. The van der Waals surface area contributed by atoms with E-state index in [1.54, 1.807) is 11.3 Å². The van der Waals surface area contributed by atoms with Gasteiger partial charge in [0.05, 0.1) is 23.2 Å². The number of amides is 1. The van der Waals surface area contributed by atoms with Gasteiger partial charge in [-0.1, -0.05) is 100 Å². The summed E-state index contributed by atoms with van der Waals surface area (Å²) in [6.07, 6.45) is 0.331. The Morgan fingerprint density at radius 3 is 2.45 bits per heavy atom. The van der Waals surface area contributed by atoms with Gasteiger partial charge in [0.2, 0.25) is 5.91 Å². The van der Waals surface area contributed by atoms with Crippen molar-refractivity contribution in [3.05, 3.63) is 107 Å². The molecule has 1 aromatic heterocycles. The fourth-order valence-electron chi connectivity index (χ4n) is 3.65. The molecule has 0 aliphatic rings. The van der Waals surface area contributed by atoms with Gasteiger partial charge in [0.25, 0.3) is 0 Å². The van der Waals surface area contributed by atoms with E-state index >= 15 is 0 Å². The summed E-state index contributed by atoms with van der Waals surface area (Å²) < 4.78 is 2.06. The van der Waals surface area contributed by atoms with Gasteiger partial charge in [-0.2, -0.15) is 0 Å². The van der Waals surface area contributed by atoms with Crippen LogP contribution in [0.4, 0.5) is 5.13 Å². The molecule has 0 radical (unpaired) electrons. The van der Waals surface area contributed by atoms with Crippen LogP contribution in [0.1, 0.15) is 11.1 Å². The monoisotopic (exact) mass is 486 g/mol. The van der Waals surface area contributed by atoms with Crippen molar-refractivity contribution in [3.63, 3.8) is 0 Å². The second-order valence-corrected chi connectivity index (χ2v) is 9.36. The predicted molar refractivity (Wildman–Crippen MR) is 133 cm³/mol. The molecule has 1 heterocycles. The van der Waals surface area contributed by atoms with Crippen LogP contribution >= 0.6 is 27.3 Å². The fourth-order valence-corrected chi connectivity index (χ4v) is 5.18. The van der Waals surface area contributed by atoms with Crippen LogP contribution in [-0.4, -0.2) is 10.9 Å². The van der Waals surface area contributed by atoms with Gasteiger partial charge in [-0.25, -0.2) is 4.98 Å². The lowest BCUT2D eigenvalue weighted by Gasteiger charge is -2.20. The van der Waals surface area contributed by atoms with Crippen molar-refractivity contribution in [1.82, 2.24) is 4.98 Å². The Morgan fingerprint density at radius 2 is 1.61 bits per heavy atom. The number of halogens is 1. The number of benzene rings is 4. The van der Waals surface area contributed by atoms with Crippen LogP contribution in [-0.2, 0) is 17.8 Å². The molecule has 0 unspecified atom stereocenters. The van der Waals surface area contributed by atoms with E-state index in [1.165, 1.54) is 5.39 Å². The molecule has 0 bridgehead atoms. The first-order valence-corrected chi connectivity index (χ1v) is 11.6. The quantitative estimate of drug-likeness (QED) is 0.268. The Hall–Kier alpha value is -3.02. The molecule has 5 aromatic rings. The average Bonchev–Trinajstić information content (AvgIpc) is 3.20. The van der Waals surface area contributed by atoms with E-state index in [-0.39, 0.29) is 5.91 Å². The van der Waals surface area contributed by atoms with Crippen molar-refractivity contribution in [1.29, 1.82) is 0 Å². The van der Waals surface area contributed by atoms with E-state index in [0.29, 0.717) is 13.0 Å². The summed E-state index contributed by atoms with van der Waals surface area (Å²) >= 11 is 5.07. The molecule has 0 saturated heterocycles. The van der Waals surface area contributed by atoms with E-state index in [1.807, 2.05) is 71.6 Å². The summed E-state index contributed by atoms with van der Waals surface area (Å²) in [6.45, 7) is 0.494. The smallest absolute Gasteiger partial charge is 0.233 e. The zero-order chi connectivity index (χ0) is 21.2. The second kappa shape index (κ2) is 8.61. The Kier molecular flexibility index (Phi) is 5.53. The molecule has 5 rings (SSSR count). The number of carbonyl (C=O) groups is 1. The van der Waals surface area contributed by atoms with Gasteiger partial charge in [0.15, 0.2) is 5.13 Å². The number of anilines is 1. The molecule has 0 atom stereocenters. The maximum Gasteiger partial charge on any atom is 0.233 e. The first-order valence-electron chi connectivity index (χ1n) is 10.0. The highest BCUT2D eigenvalue weighted by Gasteiger charge is 2.21.